The third kappa shape index (κ3) is 2.41. The van der Waals surface area contributed by atoms with Crippen LogP contribution in [-0.4, -0.2) is 30.1 Å². The van der Waals surface area contributed by atoms with Gasteiger partial charge in [-0.1, -0.05) is 10.9 Å². The lowest BCUT2D eigenvalue weighted by Crippen LogP contribution is -2.23. The molecule has 24 heavy (non-hydrogen) atoms. The van der Waals surface area contributed by atoms with E-state index in [2.05, 4.69) is 20.4 Å². The molecule has 0 radical (unpaired) electrons. The molecule has 0 fully saturated rings. The van der Waals surface area contributed by atoms with Gasteiger partial charge in [0.05, 0.1) is 21.3 Å². The largest absolute Gasteiger partial charge is 0.515 e. The van der Waals surface area contributed by atoms with Crippen LogP contribution in [0.2, 0.25) is 0 Å². The zero-order valence-corrected chi connectivity index (χ0v) is 12.3. The molecule has 0 saturated carbocycles. The molecule has 0 unspecified atom stereocenters. The minimum atomic E-state index is -0.766. The van der Waals surface area contributed by atoms with Crippen molar-refractivity contribution in [3.63, 3.8) is 0 Å². The molecule has 11 nitrogen and oxygen atoms in total. The number of aromatic nitrogens is 5. The summed E-state index contributed by atoms with van der Waals surface area (Å²) in [5, 5.41) is 31.0. The van der Waals surface area contributed by atoms with Gasteiger partial charge in [-0.3, -0.25) is 4.98 Å². The number of allylic oxidation sites excluding steroid dienone is 3. The Bertz CT molecular complexity index is 909. The number of rotatable bonds is 3. The summed E-state index contributed by atoms with van der Waals surface area (Å²) in [5.74, 6) is -1.11. The Labute approximate surface area is 134 Å². The molecular weight excluding hydrogens is 316 g/mol. The van der Waals surface area contributed by atoms with E-state index >= 15 is 0 Å². The summed E-state index contributed by atoms with van der Waals surface area (Å²) in [4.78, 5) is 15.0. The molecule has 3 heterocycles. The van der Waals surface area contributed by atoms with Crippen LogP contribution in [0.5, 0.6) is 0 Å². The van der Waals surface area contributed by atoms with E-state index in [1.165, 1.54) is 0 Å². The predicted octanol–water partition coefficient (Wildman–Crippen LogP) is 0.673. The third-order valence-corrected chi connectivity index (χ3v) is 3.37. The first kappa shape index (κ1) is 15.1. The summed E-state index contributed by atoms with van der Waals surface area (Å²) >= 11 is 0. The van der Waals surface area contributed by atoms with Gasteiger partial charge in [0.25, 0.3) is 0 Å². The molecule has 0 aliphatic carbocycles. The average Bonchev–Trinajstić information content (AvgIpc) is 3.05. The number of pyridine rings is 1. The van der Waals surface area contributed by atoms with E-state index in [1.54, 1.807) is 31.5 Å². The van der Waals surface area contributed by atoms with Gasteiger partial charge in [0.1, 0.15) is 23.1 Å². The van der Waals surface area contributed by atoms with Crippen molar-refractivity contribution in [1.82, 2.24) is 25.2 Å². The monoisotopic (exact) mass is 326 g/mol. The van der Waals surface area contributed by atoms with Crippen LogP contribution >= 0.6 is 0 Å². The number of ether oxygens (including phenoxy) is 1. The Morgan fingerprint density at radius 3 is 2.92 bits per heavy atom. The Morgan fingerprint density at radius 1 is 1.54 bits per heavy atom. The van der Waals surface area contributed by atoms with Crippen molar-refractivity contribution in [2.45, 2.75) is 12.8 Å². The summed E-state index contributed by atoms with van der Waals surface area (Å²) in [5.41, 5.74) is 6.87. The molecule has 0 aromatic carbocycles. The van der Waals surface area contributed by atoms with Crippen molar-refractivity contribution in [3.8, 4) is 6.07 Å². The van der Waals surface area contributed by atoms with Crippen LogP contribution < -0.4 is 5.73 Å². The number of nitro groups is 1. The fraction of sp³-hybridized carbons (Fsp3) is 0.154. The highest BCUT2D eigenvalue weighted by Crippen LogP contribution is 2.40. The van der Waals surface area contributed by atoms with E-state index < -0.39 is 16.8 Å². The first-order valence-electron chi connectivity index (χ1n) is 6.66. The van der Waals surface area contributed by atoms with Crippen LogP contribution in [0, 0.1) is 21.4 Å². The highest BCUT2D eigenvalue weighted by atomic mass is 16.6. The zero-order valence-electron chi connectivity index (χ0n) is 12.3. The summed E-state index contributed by atoms with van der Waals surface area (Å²) in [6.07, 6.45) is 3.13. The second-order valence-electron chi connectivity index (χ2n) is 4.79. The molecule has 2 aromatic heterocycles. The van der Waals surface area contributed by atoms with Crippen molar-refractivity contribution >= 4 is 11.6 Å². The molecule has 0 saturated heterocycles. The van der Waals surface area contributed by atoms with E-state index in [9.17, 15) is 15.4 Å². The number of hydrogen-bond acceptors (Lipinski definition) is 9. The Balaban J connectivity index is 2.19. The predicted molar refractivity (Wildman–Crippen MR) is 78.3 cm³/mol. The van der Waals surface area contributed by atoms with Crippen LogP contribution in [-0.2, 0) is 4.74 Å². The second-order valence-corrected chi connectivity index (χ2v) is 4.79. The molecule has 2 N–H and O–H groups in total. The van der Waals surface area contributed by atoms with Crippen molar-refractivity contribution in [2.75, 3.05) is 0 Å². The number of hydrogen-bond donors (Lipinski definition) is 1. The van der Waals surface area contributed by atoms with Crippen molar-refractivity contribution < 1.29 is 9.66 Å². The Morgan fingerprint density at radius 2 is 2.33 bits per heavy atom. The molecule has 1 aliphatic rings. The summed E-state index contributed by atoms with van der Waals surface area (Å²) < 4.78 is 5.37. The minimum absolute atomic E-state index is 0.0535. The average molecular weight is 326 g/mol. The van der Waals surface area contributed by atoms with Gasteiger partial charge < -0.3 is 20.6 Å². The number of nitriles is 1. The van der Waals surface area contributed by atoms with Gasteiger partial charge in [-0.2, -0.15) is 5.26 Å². The van der Waals surface area contributed by atoms with E-state index in [0.29, 0.717) is 17.0 Å². The molecule has 120 valence electrons. The summed E-state index contributed by atoms with van der Waals surface area (Å²) in [7, 11) is 0. The molecule has 2 aromatic rings. The molecule has 0 amide bonds. The van der Waals surface area contributed by atoms with Gasteiger partial charge in [0, 0.05) is 12.4 Å². The first-order chi connectivity index (χ1) is 11.5. The van der Waals surface area contributed by atoms with Gasteiger partial charge in [-0.05, 0) is 23.5 Å². The van der Waals surface area contributed by atoms with Crippen LogP contribution in [0.4, 0.5) is 5.95 Å². The van der Waals surface area contributed by atoms with E-state index in [0.717, 1.165) is 4.80 Å². The van der Waals surface area contributed by atoms with Gasteiger partial charge in [0.15, 0.2) is 0 Å². The van der Waals surface area contributed by atoms with Crippen LogP contribution in [0.3, 0.4) is 0 Å². The maximum atomic E-state index is 10.8. The minimum Gasteiger partial charge on any atom is -0.443 e. The number of nitrogens with two attached hydrogens (primary N) is 1. The van der Waals surface area contributed by atoms with Crippen LogP contribution in [0.25, 0.3) is 5.70 Å². The molecule has 1 aliphatic heterocycles. The molecule has 0 bridgehead atoms. The Kier molecular flexibility index (Phi) is 3.63. The molecule has 11 heteroatoms. The summed E-state index contributed by atoms with van der Waals surface area (Å²) in [6, 6.07) is 5.43. The highest BCUT2D eigenvalue weighted by molar-refractivity contribution is 5.65. The van der Waals surface area contributed by atoms with Gasteiger partial charge >= 0.3 is 5.95 Å². The van der Waals surface area contributed by atoms with E-state index in [4.69, 9.17) is 10.5 Å². The number of nitrogens with zero attached hydrogens (tertiary/aromatic N) is 7. The highest BCUT2D eigenvalue weighted by Gasteiger charge is 2.36. The topological polar surface area (TPSA) is 159 Å². The zero-order chi connectivity index (χ0) is 17.3. The van der Waals surface area contributed by atoms with E-state index in [1.807, 2.05) is 6.07 Å². The smallest absolute Gasteiger partial charge is 0.443 e. The maximum Gasteiger partial charge on any atom is 0.515 e. The SMILES string of the molecule is CC1=C(n2nnc([N+](=O)[O-])n2)[C@H](c2cccnc2)C(C#N)=C(N)O1. The maximum absolute atomic E-state index is 10.8. The normalized spacial score (nSPS) is 17.4. The third-order valence-electron chi connectivity index (χ3n) is 3.37. The number of tetrazole rings is 1. The van der Waals surface area contributed by atoms with Crippen LogP contribution in [0.15, 0.2) is 41.7 Å². The first-order valence-corrected chi connectivity index (χ1v) is 6.66. The lowest BCUT2D eigenvalue weighted by molar-refractivity contribution is -0.394. The van der Waals surface area contributed by atoms with Gasteiger partial charge in [0.2, 0.25) is 5.88 Å². The standard InChI is InChI=1S/C13H10N8O3/c1-7-11(20-18-13(17-19-20)21(22)23)10(8-3-2-4-16-6-8)9(5-14)12(15)24-7/h2-4,6,10H,15H2,1H3/t10-/m1/s1. The Hall–Kier alpha value is -3.81. The molecule has 1 atom stereocenters. The van der Waals surface area contributed by atoms with Crippen molar-refractivity contribution in [1.29, 1.82) is 5.26 Å². The molecule has 0 spiro atoms. The lowest BCUT2D eigenvalue weighted by Gasteiger charge is -2.25. The fourth-order valence-corrected chi connectivity index (χ4v) is 2.38. The van der Waals surface area contributed by atoms with Gasteiger partial charge in [-0.15, -0.1) is 0 Å². The molecule has 3 rings (SSSR count). The van der Waals surface area contributed by atoms with Crippen LogP contribution in [0.1, 0.15) is 18.4 Å². The quantitative estimate of drug-likeness (QED) is 0.631. The fourth-order valence-electron chi connectivity index (χ4n) is 2.38. The second kappa shape index (κ2) is 5.76. The van der Waals surface area contributed by atoms with Gasteiger partial charge in [-0.25, -0.2) is 0 Å². The van der Waals surface area contributed by atoms with Crippen molar-refractivity contribution in [3.05, 3.63) is 57.4 Å². The van der Waals surface area contributed by atoms with Crippen molar-refractivity contribution in [2.24, 2.45) is 5.73 Å². The summed E-state index contributed by atoms with van der Waals surface area (Å²) in [6.45, 7) is 1.59. The lowest BCUT2D eigenvalue weighted by atomic mass is 9.88. The molecular formula is C13H10N8O3. The van der Waals surface area contributed by atoms with E-state index in [-0.39, 0.29) is 11.5 Å².